The van der Waals surface area contributed by atoms with Crippen LogP contribution in [0.4, 0.5) is 0 Å². The van der Waals surface area contributed by atoms with Crippen molar-refractivity contribution in [3.63, 3.8) is 0 Å². The van der Waals surface area contributed by atoms with Gasteiger partial charge in [0.2, 0.25) is 0 Å². The molecule has 0 aromatic carbocycles. The van der Waals surface area contributed by atoms with Gasteiger partial charge in [-0.15, -0.1) is 11.3 Å². The summed E-state index contributed by atoms with van der Waals surface area (Å²) in [6, 6.07) is 0. The summed E-state index contributed by atoms with van der Waals surface area (Å²) in [6.45, 7) is 5.94. The van der Waals surface area contributed by atoms with E-state index in [1.165, 1.54) is 0 Å². The average molecular weight is 241 g/mol. The van der Waals surface area contributed by atoms with Crippen molar-refractivity contribution < 1.29 is 9.53 Å². The van der Waals surface area contributed by atoms with Crippen molar-refractivity contribution in [3.05, 3.63) is 16.1 Å². The first kappa shape index (κ1) is 13.3. The van der Waals surface area contributed by atoms with E-state index < -0.39 is 0 Å². The van der Waals surface area contributed by atoms with Gasteiger partial charge in [-0.3, -0.25) is 4.79 Å². The summed E-state index contributed by atoms with van der Waals surface area (Å²) in [7, 11) is 1.67. The number of aryl methyl sites for hydroxylation is 1. The van der Waals surface area contributed by atoms with Crippen molar-refractivity contribution in [2.24, 2.45) is 0 Å². The van der Waals surface area contributed by atoms with Crippen LogP contribution in [-0.2, 0) is 16.0 Å². The van der Waals surface area contributed by atoms with Gasteiger partial charge in [-0.1, -0.05) is 0 Å². The molecule has 4 heteroatoms. The van der Waals surface area contributed by atoms with E-state index in [1.54, 1.807) is 18.4 Å². The Morgan fingerprint density at radius 1 is 1.56 bits per heavy atom. The maximum atomic E-state index is 11.7. The summed E-state index contributed by atoms with van der Waals surface area (Å²) >= 11 is 1.59. The lowest BCUT2D eigenvalue weighted by Crippen LogP contribution is -2.23. The number of aromatic nitrogens is 1. The lowest BCUT2D eigenvalue weighted by atomic mass is 9.99. The van der Waals surface area contributed by atoms with Gasteiger partial charge in [0.05, 0.1) is 16.3 Å². The Bertz CT molecular complexity index is 358. The van der Waals surface area contributed by atoms with E-state index in [9.17, 15) is 4.79 Å². The lowest BCUT2D eigenvalue weighted by molar-refractivity contribution is -0.119. The zero-order valence-corrected chi connectivity index (χ0v) is 11.2. The summed E-state index contributed by atoms with van der Waals surface area (Å²) in [6.07, 6.45) is 1.76. The summed E-state index contributed by atoms with van der Waals surface area (Å²) in [4.78, 5) is 16.0. The summed E-state index contributed by atoms with van der Waals surface area (Å²) < 4.78 is 5.28. The Hall–Kier alpha value is -0.740. The van der Waals surface area contributed by atoms with Crippen molar-refractivity contribution in [1.82, 2.24) is 4.98 Å². The third-order valence-electron chi connectivity index (χ3n) is 2.60. The maximum absolute atomic E-state index is 11.7. The molecule has 3 nitrogen and oxygen atoms in total. The minimum Gasteiger partial charge on any atom is -0.379 e. The Morgan fingerprint density at radius 2 is 2.25 bits per heavy atom. The molecule has 0 aliphatic heterocycles. The monoisotopic (exact) mass is 241 g/mol. The number of thiazole rings is 1. The fourth-order valence-corrected chi connectivity index (χ4v) is 1.93. The number of carbonyl (C=O) groups is 1. The quantitative estimate of drug-likeness (QED) is 0.768. The van der Waals surface area contributed by atoms with Crippen LogP contribution in [0.25, 0.3) is 0 Å². The number of hydrogen-bond donors (Lipinski definition) is 0. The standard InChI is InChI=1S/C12H19NO2S/c1-9-13-10(8-16-9)7-11(14)5-6-12(2,3)15-4/h8H,5-7H2,1-4H3. The highest BCUT2D eigenvalue weighted by atomic mass is 32.1. The van der Waals surface area contributed by atoms with Crippen LogP contribution in [0.2, 0.25) is 0 Å². The summed E-state index contributed by atoms with van der Waals surface area (Å²) in [5.41, 5.74) is 0.677. The van der Waals surface area contributed by atoms with E-state index in [1.807, 2.05) is 26.2 Å². The SMILES string of the molecule is COC(C)(C)CCC(=O)Cc1csc(C)n1. The van der Waals surface area contributed by atoms with E-state index in [0.29, 0.717) is 12.8 Å². The van der Waals surface area contributed by atoms with Gasteiger partial charge in [0, 0.05) is 25.3 Å². The van der Waals surface area contributed by atoms with E-state index in [4.69, 9.17) is 4.74 Å². The molecule has 0 fully saturated rings. The van der Waals surface area contributed by atoms with Crippen molar-refractivity contribution in [2.45, 2.75) is 45.6 Å². The highest BCUT2D eigenvalue weighted by Gasteiger charge is 2.18. The molecule has 1 heterocycles. The van der Waals surface area contributed by atoms with Crippen LogP contribution in [-0.4, -0.2) is 23.5 Å². The van der Waals surface area contributed by atoms with Gasteiger partial charge in [0.1, 0.15) is 5.78 Å². The predicted octanol–water partition coefficient (Wildman–Crippen LogP) is 2.77. The van der Waals surface area contributed by atoms with Gasteiger partial charge in [0.25, 0.3) is 0 Å². The topological polar surface area (TPSA) is 39.2 Å². The molecule has 0 saturated carbocycles. The third kappa shape index (κ3) is 4.41. The van der Waals surface area contributed by atoms with Crippen LogP contribution in [0.5, 0.6) is 0 Å². The lowest BCUT2D eigenvalue weighted by Gasteiger charge is -2.21. The smallest absolute Gasteiger partial charge is 0.138 e. The zero-order chi connectivity index (χ0) is 12.2. The van der Waals surface area contributed by atoms with Gasteiger partial charge in [0.15, 0.2) is 0 Å². The minimum absolute atomic E-state index is 0.215. The zero-order valence-electron chi connectivity index (χ0n) is 10.4. The number of Topliss-reactive ketones (excluding diaryl/α,β-unsaturated/α-hetero) is 1. The molecule has 0 bridgehead atoms. The number of ether oxygens (including phenoxy) is 1. The van der Waals surface area contributed by atoms with Gasteiger partial charge in [-0.2, -0.15) is 0 Å². The fourth-order valence-electron chi connectivity index (χ4n) is 1.32. The minimum atomic E-state index is -0.215. The number of ketones is 1. The molecular formula is C12H19NO2S. The maximum Gasteiger partial charge on any atom is 0.138 e. The van der Waals surface area contributed by atoms with Gasteiger partial charge in [-0.05, 0) is 27.2 Å². The molecule has 16 heavy (non-hydrogen) atoms. The van der Waals surface area contributed by atoms with Crippen LogP contribution in [0.1, 0.15) is 37.4 Å². The first-order valence-corrected chi connectivity index (χ1v) is 6.29. The molecule has 1 aromatic heterocycles. The Morgan fingerprint density at radius 3 is 2.75 bits per heavy atom. The third-order valence-corrected chi connectivity index (χ3v) is 3.43. The first-order chi connectivity index (χ1) is 7.43. The van der Waals surface area contributed by atoms with Gasteiger partial charge >= 0.3 is 0 Å². The molecule has 0 aliphatic rings. The van der Waals surface area contributed by atoms with Crippen molar-refractivity contribution >= 4 is 17.1 Å². The predicted molar refractivity (Wildman–Crippen MR) is 65.9 cm³/mol. The van der Waals surface area contributed by atoms with Crippen molar-refractivity contribution in [2.75, 3.05) is 7.11 Å². The van der Waals surface area contributed by atoms with Crippen molar-refractivity contribution in [3.8, 4) is 0 Å². The molecule has 0 unspecified atom stereocenters. The van der Waals surface area contributed by atoms with Gasteiger partial charge in [-0.25, -0.2) is 4.98 Å². The number of methoxy groups -OCH3 is 1. The Balaban J connectivity index is 2.37. The van der Waals surface area contributed by atoms with Crippen LogP contribution in [0.15, 0.2) is 5.38 Å². The number of rotatable bonds is 6. The molecule has 0 saturated heterocycles. The Labute approximate surface area is 101 Å². The van der Waals surface area contributed by atoms with E-state index in [0.717, 1.165) is 17.1 Å². The molecule has 90 valence electrons. The molecule has 1 aromatic rings. The first-order valence-electron chi connectivity index (χ1n) is 5.41. The van der Waals surface area contributed by atoms with Crippen LogP contribution >= 0.6 is 11.3 Å². The van der Waals surface area contributed by atoms with Gasteiger partial charge < -0.3 is 4.74 Å². The van der Waals surface area contributed by atoms with Crippen molar-refractivity contribution in [1.29, 1.82) is 0 Å². The molecule has 0 aliphatic carbocycles. The number of hydrogen-bond acceptors (Lipinski definition) is 4. The molecule has 0 amide bonds. The highest BCUT2D eigenvalue weighted by molar-refractivity contribution is 7.09. The average Bonchev–Trinajstić information content (AvgIpc) is 2.61. The second-order valence-corrected chi connectivity index (χ2v) is 5.60. The van der Waals surface area contributed by atoms with Crippen LogP contribution in [0.3, 0.4) is 0 Å². The van der Waals surface area contributed by atoms with E-state index >= 15 is 0 Å². The molecule has 0 atom stereocenters. The normalized spacial score (nSPS) is 11.8. The highest BCUT2D eigenvalue weighted by Crippen LogP contribution is 2.17. The summed E-state index contributed by atoms with van der Waals surface area (Å²) in [5.74, 6) is 0.232. The molecular weight excluding hydrogens is 222 g/mol. The molecule has 0 radical (unpaired) electrons. The molecule has 0 spiro atoms. The van der Waals surface area contributed by atoms with E-state index in [-0.39, 0.29) is 11.4 Å². The molecule has 1 rings (SSSR count). The second kappa shape index (κ2) is 5.55. The van der Waals surface area contributed by atoms with Crippen LogP contribution < -0.4 is 0 Å². The van der Waals surface area contributed by atoms with Crippen LogP contribution in [0, 0.1) is 6.92 Å². The second-order valence-electron chi connectivity index (χ2n) is 4.54. The Kier molecular flexibility index (Phi) is 4.62. The summed E-state index contributed by atoms with van der Waals surface area (Å²) in [5, 5.41) is 2.97. The van der Waals surface area contributed by atoms with E-state index in [2.05, 4.69) is 4.98 Å². The number of carbonyl (C=O) groups excluding carboxylic acids is 1. The largest absolute Gasteiger partial charge is 0.379 e. The number of nitrogens with zero attached hydrogens (tertiary/aromatic N) is 1. The fraction of sp³-hybridized carbons (Fsp3) is 0.667. The molecule has 0 N–H and O–H groups in total.